The molecule has 1 atom stereocenters. The minimum Gasteiger partial charge on any atom is -0.465 e. The molecule has 3 heteroatoms. The Morgan fingerprint density at radius 1 is 1.35 bits per heavy atom. The largest absolute Gasteiger partial charge is 0.465 e. The average Bonchev–Trinajstić information content (AvgIpc) is 2.83. The highest BCUT2D eigenvalue weighted by Gasteiger charge is 2.16. The maximum atomic E-state index is 11.6. The van der Waals surface area contributed by atoms with Gasteiger partial charge in [-0.3, -0.25) is 4.79 Å². The van der Waals surface area contributed by atoms with Gasteiger partial charge in [-0.25, -0.2) is 0 Å². The summed E-state index contributed by atoms with van der Waals surface area (Å²) in [7, 11) is 0. The third-order valence-corrected chi connectivity index (χ3v) is 3.51. The summed E-state index contributed by atoms with van der Waals surface area (Å²) in [4.78, 5) is 11.6. The Labute approximate surface area is 105 Å². The molecule has 1 fully saturated rings. The van der Waals surface area contributed by atoms with Gasteiger partial charge in [0.15, 0.2) is 0 Å². The van der Waals surface area contributed by atoms with Crippen LogP contribution in [0.25, 0.3) is 0 Å². The summed E-state index contributed by atoms with van der Waals surface area (Å²) in [6, 6.07) is 0. The maximum absolute atomic E-state index is 11.6. The van der Waals surface area contributed by atoms with Crippen LogP contribution in [0.2, 0.25) is 0 Å². The number of ether oxygens (including phenoxy) is 2. The molecule has 0 aromatic rings. The average molecular weight is 242 g/mol. The summed E-state index contributed by atoms with van der Waals surface area (Å²) < 4.78 is 10.8. The second kappa shape index (κ2) is 8.51. The first-order valence-electron chi connectivity index (χ1n) is 7.06. The second-order valence-electron chi connectivity index (χ2n) is 4.81. The number of hydrogen-bond donors (Lipinski definition) is 0. The van der Waals surface area contributed by atoms with Crippen LogP contribution in [0.3, 0.4) is 0 Å². The van der Waals surface area contributed by atoms with Gasteiger partial charge in [0.05, 0.1) is 18.6 Å². The van der Waals surface area contributed by atoms with Gasteiger partial charge in [-0.2, -0.15) is 0 Å². The SMILES string of the molecule is CCC(CC)C(=O)OCCCC[C@@H]1CCCO1. The molecule has 0 saturated carbocycles. The molecule has 0 aromatic carbocycles. The van der Waals surface area contributed by atoms with Crippen LogP contribution in [0, 0.1) is 5.92 Å². The maximum Gasteiger partial charge on any atom is 0.308 e. The number of rotatable bonds is 8. The van der Waals surface area contributed by atoms with Crippen LogP contribution in [0.4, 0.5) is 0 Å². The van der Waals surface area contributed by atoms with E-state index in [-0.39, 0.29) is 11.9 Å². The predicted octanol–water partition coefficient (Wildman–Crippen LogP) is 3.32. The highest BCUT2D eigenvalue weighted by molar-refractivity contribution is 5.72. The van der Waals surface area contributed by atoms with Crippen molar-refractivity contribution in [3.8, 4) is 0 Å². The monoisotopic (exact) mass is 242 g/mol. The van der Waals surface area contributed by atoms with Crippen molar-refractivity contribution in [1.82, 2.24) is 0 Å². The van der Waals surface area contributed by atoms with E-state index in [1.807, 2.05) is 13.8 Å². The van der Waals surface area contributed by atoms with E-state index in [4.69, 9.17) is 9.47 Å². The fourth-order valence-electron chi connectivity index (χ4n) is 2.26. The van der Waals surface area contributed by atoms with E-state index in [9.17, 15) is 4.79 Å². The van der Waals surface area contributed by atoms with Crippen LogP contribution in [0.5, 0.6) is 0 Å². The van der Waals surface area contributed by atoms with Crippen molar-refractivity contribution in [3.05, 3.63) is 0 Å². The van der Waals surface area contributed by atoms with E-state index in [2.05, 4.69) is 0 Å². The highest BCUT2D eigenvalue weighted by atomic mass is 16.5. The van der Waals surface area contributed by atoms with Gasteiger partial charge in [0.2, 0.25) is 0 Å². The fourth-order valence-corrected chi connectivity index (χ4v) is 2.26. The summed E-state index contributed by atoms with van der Waals surface area (Å²) in [6.07, 6.45) is 7.80. The molecule has 0 radical (unpaired) electrons. The van der Waals surface area contributed by atoms with Crippen molar-refractivity contribution < 1.29 is 14.3 Å². The lowest BCUT2D eigenvalue weighted by molar-refractivity contribution is -0.148. The standard InChI is InChI=1S/C14H26O3/c1-3-12(4-2)14(15)17-10-6-5-8-13-9-7-11-16-13/h12-13H,3-11H2,1-2H3/t13-/m1/s1. The first-order valence-corrected chi connectivity index (χ1v) is 7.06. The third-order valence-electron chi connectivity index (χ3n) is 3.51. The normalized spacial score (nSPS) is 19.8. The van der Waals surface area contributed by atoms with Crippen molar-refractivity contribution in [1.29, 1.82) is 0 Å². The summed E-state index contributed by atoms with van der Waals surface area (Å²) in [5.41, 5.74) is 0. The molecule has 0 bridgehead atoms. The van der Waals surface area contributed by atoms with E-state index < -0.39 is 0 Å². The van der Waals surface area contributed by atoms with Gasteiger partial charge in [0, 0.05) is 6.61 Å². The molecule has 3 nitrogen and oxygen atoms in total. The molecule has 1 saturated heterocycles. The lowest BCUT2D eigenvalue weighted by Gasteiger charge is -2.12. The van der Waals surface area contributed by atoms with E-state index in [1.54, 1.807) is 0 Å². The minimum absolute atomic E-state index is 0.0212. The molecular weight excluding hydrogens is 216 g/mol. The second-order valence-corrected chi connectivity index (χ2v) is 4.81. The van der Waals surface area contributed by atoms with Crippen molar-refractivity contribution >= 4 is 5.97 Å². The van der Waals surface area contributed by atoms with Crippen molar-refractivity contribution in [2.24, 2.45) is 5.92 Å². The first kappa shape index (κ1) is 14.5. The van der Waals surface area contributed by atoms with Gasteiger partial charge in [-0.05, 0) is 44.9 Å². The van der Waals surface area contributed by atoms with Crippen molar-refractivity contribution in [2.45, 2.75) is 64.9 Å². The van der Waals surface area contributed by atoms with Gasteiger partial charge in [-0.1, -0.05) is 13.8 Å². The van der Waals surface area contributed by atoms with Crippen LogP contribution in [-0.4, -0.2) is 25.3 Å². The zero-order valence-corrected chi connectivity index (χ0v) is 11.2. The van der Waals surface area contributed by atoms with Crippen LogP contribution < -0.4 is 0 Å². The molecule has 1 aliphatic heterocycles. The Hall–Kier alpha value is -0.570. The molecule has 0 unspecified atom stereocenters. The van der Waals surface area contributed by atoms with Crippen molar-refractivity contribution in [2.75, 3.05) is 13.2 Å². The summed E-state index contributed by atoms with van der Waals surface area (Å²) >= 11 is 0. The summed E-state index contributed by atoms with van der Waals surface area (Å²) in [6.45, 7) is 5.57. The molecule has 0 aromatic heterocycles. The molecule has 1 rings (SSSR count). The highest BCUT2D eigenvalue weighted by Crippen LogP contribution is 2.17. The van der Waals surface area contributed by atoms with Gasteiger partial charge < -0.3 is 9.47 Å². The Bertz CT molecular complexity index is 206. The van der Waals surface area contributed by atoms with E-state index >= 15 is 0 Å². The Morgan fingerprint density at radius 3 is 2.71 bits per heavy atom. The van der Waals surface area contributed by atoms with Gasteiger partial charge in [0.25, 0.3) is 0 Å². The smallest absolute Gasteiger partial charge is 0.308 e. The topological polar surface area (TPSA) is 35.5 Å². The molecule has 1 aliphatic rings. The van der Waals surface area contributed by atoms with Crippen LogP contribution >= 0.6 is 0 Å². The zero-order chi connectivity index (χ0) is 12.5. The number of unbranched alkanes of at least 4 members (excludes halogenated alkanes) is 1. The minimum atomic E-state index is -0.0212. The molecule has 0 amide bonds. The van der Waals surface area contributed by atoms with E-state index in [1.165, 1.54) is 12.8 Å². The molecular formula is C14H26O3. The predicted molar refractivity (Wildman–Crippen MR) is 67.9 cm³/mol. The first-order chi connectivity index (χ1) is 8.27. The van der Waals surface area contributed by atoms with Crippen LogP contribution in [-0.2, 0) is 14.3 Å². The Morgan fingerprint density at radius 2 is 2.12 bits per heavy atom. The Balaban J connectivity index is 1.97. The number of carbonyl (C=O) groups is 1. The molecule has 0 spiro atoms. The van der Waals surface area contributed by atoms with Crippen LogP contribution in [0.15, 0.2) is 0 Å². The van der Waals surface area contributed by atoms with Gasteiger partial charge in [-0.15, -0.1) is 0 Å². The summed E-state index contributed by atoms with van der Waals surface area (Å²) in [5.74, 6) is 0.0697. The summed E-state index contributed by atoms with van der Waals surface area (Å²) in [5, 5.41) is 0. The molecule has 17 heavy (non-hydrogen) atoms. The van der Waals surface area contributed by atoms with Crippen molar-refractivity contribution in [3.63, 3.8) is 0 Å². The number of carbonyl (C=O) groups excluding carboxylic acids is 1. The lowest BCUT2D eigenvalue weighted by Crippen LogP contribution is -2.17. The van der Waals surface area contributed by atoms with E-state index in [0.29, 0.717) is 12.7 Å². The molecule has 0 aliphatic carbocycles. The Kier molecular flexibility index (Phi) is 7.25. The van der Waals surface area contributed by atoms with E-state index in [0.717, 1.165) is 38.7 Å². The fraction of sp³-hybridized carbons (Fsp3) is 0.929. The molecule has 1 heterocycles. The number of hydrogen-bond acceptors (Lipinski definition) is 3. The van der Waals surface area contributed by atoms with Gasteiger partial charge in [0.1, 0.15) is 0 Å². The molecule has 0 N–H and O–H groups in total. The van der Waals surface area contributed by atoms with Gasteiger partial charge >= 0.3 is 5.97 Å². The molecule has 100 valence electrons. The van der Waals surface area contributed by atoms with Crippen LogP contribution in [0.1, 0.15) is 58.8 Å². The zero-order valence-electron chi connectivity index (χ0n) is 11.2. The third kappa shape index (κ3) is 5.53. The quantitative estimate of drug-likeness (QED) is 0.484. The lowest BCUT2D eigenvalue weighted by atomic mass is 10.0. The number of esters is 1.